The van der Waals surface area contributed by atoms with Crippen LogP contribution in [0.25, 0.3) is 10.1 Å². The molecule has 3 rings (SSSR count). The predicted octanol–water partition coefficient (Wildman–Crippen LogP) is 5.02. The Bertz CT molecular complexity index is 732. The fraction of sp³-hybridized carbons (Fsp3) is 0.125. The second-order valence-corrected chi connectivity index (χ2v) is 6.46. The van der Waals surface area contributed by atoms with Gasteiger partial charge in [0.05, 0.1) is 6.04 Å². The van der Waals surface area contributed by atoms with E-state index in [0.717, 1.165) is 10.0 Å². The van der Waals surface area contributed by atoms with Gasteiger partial charge < -0.3 is 5.73 Å². The summed E-state index contributed by atoms with van der Waals surface area (Å²) in [6.07, 6.45) is 0. The molecule has 0 aliphatic heterocycles. The first-order valence-electron chi connectivity index (χ1n) is 6.14. The van der Waals surface area contributed by atoms with Crippen molar-refractivity contribution >= 4 is 37.4 Å². The van der Waals surface area contributed by atoms with Gasteiger partial charge in [0.2, 0.25) is 0 Å². The molecule has 0 fully saturated rings. The minimum Gasteiger partial charge on any atom is -0.320 e. The number of fused-ring (bicyclic) bond motifs is 1. The van der Waals surface area contributed by atoms with Gasteiger partial charge in [0.1, 0.15) is 0 Å². The van der Waals surface area contributed by atoms with Crippen LogP contribution >= 0.6 is 27.3 Å². The summed E-state index contributed by atoms with van der Waals surface area (Å²) in [5, 5.41) is 3.43. The lowest BCUT2D eigenvalue weighted by Crippen LogP contribution is -2.12. The Hall–Kier alpha value is -1.16. The Morgan fingerprint density at radius 3 is 2.74 bits per heavy atom. The molecule has 0 bridgehead atoms. The van der Waals surface area contributed by atoms with Crippen LogP contribution in [0.15, 0.2) is 52.3 Å². The molecule has 1 unspecified atom stereocenters. The van der Waals surface area contributed by atoms with Crippen molar-refractivity contribution < 1.29 is 0 Å². The molecule has 2 aromatic carbocycles. The molecule has 0 amide bonds. The molecule has 96 valence electrons. The lowest BCUT2D eigenvalue weighted by Gasteiger charge is -2.14. The van der Waals surface area contributed by atoms with E-state index in [-0.39, 0.29) is 6.04 Å². The van der Waals surface area contributed by atoms with Gasteiger partial charge in [-0.05, 0) is 40.9 Å². The van der Waals surface area contributed by atoms with Crippen LogP contribution in [0.2, 0.25) is 0 Å². The van der Waals surface area contributed by atoms with Gasteiger partial charge in [-0.2, -0.15) is 0 Å². The fourth-order valence-electron chi connectivity index (χ4n) is 2.31. The summed E-state index contributed by atoms with van der Waals surface area (Å²) in [6.45, 7) is 2.09. The van der Waals surface area contributed by atoms with Crippen molar-refractivity contribution in [2.24, 2.45) is 5.73 Å². The molecule has 0 radical (unpaired) electrons. The Labute approximate surface area is 125 Å². The number of nitrogens with two attached hydrogens (primary N) is 1. The standard InChI is InChI=1S/C16H14BrNS/c1-10-6-7-14(17)12(8-10)16(18)13-9-19-15-5-3-2-4-11(13)15/h2-9,16H,18H2,1H3. The molecule has 3 heteroatoms. The topological polar surface area (TPSA) is 26.0 Å². The van der Waals surface area contributed by atoms with Gasteiger partial charge in [0.25, 0.3) is 0 Å². The van der Waals surface area contributed by atoms with Crippen molar-refractivity contribution in [2.45, 2.75) is 13.0 Å². The van der Waals surface area contributed by atoms with E-state index in [9.17, 15) is 0 Å². The molecule has 1 aromatic heterocycles. The van der Waals surface area contributed by atoms with E-state index in [0.29, 0.717) is 0 Å². The smallest absolute Gasteiger partial charge is 0.0577 e. The van der Waals surface area contributed by atoms with Crippen LogP contribution in [0.3, 0.4) is 0 Å². The van der Waals surface area contributed by atoms with Crippen molar-refractivity contribution in [3.8, 4) is 0 Å². The average Bonchev–Trinajstić information content (AvgIpc) is 2.84. The zero-order valence-corrected chi connectivity index (χ0v) is 13.0. The summed E-state index contributed by atoms with van der Waals surface area (Å²) in [5.74, 6) is 0. The molecule has 2 N–H and O–H groups in total. The summed E-state index contributed by atoms with van der Waals surface area (Å²) in [7, 11) is 0. The Balaban J connectivity index is 2.13. The van der Waals surface area contributed by atoms with Crippen molar-refractivity contribution in [3.63, 3.8) is 0 Å². The van der Waals surface area contributed by atoms with Crippen molar-refractivity contribution in [1.82, 2.24) is 0 Å². The summed E-state index contributed by atoms with van der Waals surface area (Å²) in [4.78, 5) is 0. The van der Waals surface area contributed by atoms with E-state index in [1.54, 1.807) is 11.3 Å². The predicted molar refractivity (Wildman–Crippen MR) is 86.7 cm³/mol. The number of halogens is 1. The highest BCUT2D eigenvalue weighted by Crippen LogP contribution is 2.34. The van der Waals surface area contributed by atoms with Gasteiger partial charge in [0.15, 0.2) is 0 Å². The van der Waals surface area contributed by atoms with Gasteiger partial charge in [-0.3, -0.25) is 0 Å². The largest absolute Gasteiger partial charge is 0.320 e. The van der Waals surface area contributed by atoms with Gasteiger partial charge in [-0.1, -0.05) is 51.8 Å². The van der Waals surface area contributed by atoms with E-state index in [1.807, 2.05) is 0 Å². The third kappa shape index (κ3) is 2.34. The van der Waals surface area contributed by atoms with Gasteiger partial charge in [-0.15, -0.1) is 11.3 Å². The minimum atomic E-state index is -0.0922. The first kappa shape index (κ1) is 12.9. The highest BCUT2D eigenvalue weighted by Gasteiger charge is 2.16. The van der Waals surface area contributed by atoms with Gasteiger partial charge in [-0.25, -0.2) is 0 Å². The minimum absolute atomic E-state index is 0.0922. The summed E-state index contributed by atoms with van der Waals surface area (Å²) in [5.41, 5.74) is 10.0. The molecule has 0 aliphatic carbocycles. The van der Waals surface area contributed by atoms with E-state index in [4.69, 9.17) is 5.73 Å². The first-order valence-corrected chi connectivity index (χ1v) is 7.82. The summed E-state index contributed by atoms with van der Waals surface area (Å²) >= 11 is 5.36. The van der Waals surface area contributed by atoms with Crippen LogP contribution in [-0.4, -0.2) is 0 Å². The average molecular weight is 332 g/mol. The van der Waals surface area contributed by atoms with Gasteiger partial charge >= 0.3 is 0 Å². The van der Waals surface area contributed by atoms with Crippen LogP contribution in [0.4, 0.5) is 0 Å². The van der Waals surface area contributed by atoms with E-state index in [2.05, 4.69) is 70.7 Å². The van der Waals surface area contributed by atoms with Crippen LogP contribution in [0, 0.1) is 6.92 Å². The van der Waals surface area contributed by atoms with Crippen molar-refractivity contribution in [3.05, 3.63) is 69.0 Å². The number of aryl methyl sites for hydroxylation is 1. The Morgan fingerprint density at radius 1 is 1.11 bits per heavy atom. The molecule has 0 spiro atoms. The fourth-order valence-corrected chi connectivity index (χ4v) is 3.80. The second kappa shape index (κ2) is 5.08. The van der Waals surface area contributed by atoms with Crippen molar-refractivity contribution in [1.29, 1.82) is 0 Å². The van der Waals surface area contributed by atoms with Crippen LogP contribution in [0.5, 0.6) is 0 Å². The highest BCUT2D eigenvalue weighted by molar-refractivity contribution is 9.10. The first-order chi connectivity index (χ1) is 9.16. The monoisotopic (exact) mass is 331 g/mol. The number of benzene rings is 2. The number of hydrogen-bond donors (Lipinski definition) is 1. The normalized spacial score (nSPS) is 12.8. The molecular formula is C16H14BrNS. The lowest BCUT2D eigenvalue weighted by atomic mass is 9.98. The summed E-state index contributed by atoms with van der Waals surface area (Å²) in [6, 6.07) is 14.6. The van der Waals surface area contributed by atoms with E-state index in [1.165, 1.54) is 21.2 Å². The highest BCUT2D eigenvalue weighted by atomic mass is 79.9. The number of thiophene rings is 1. The third-order valence-electron chi connectivity index (χ3n) is 3.33. The Morgan fingerprint density at radius 2 is 1.89 bits per heavy atom. The number of hydrogen-bond acceptors (Lipinski definition) is 2. The zero-order valence-electron chi connectivity index (χ0n) is 10.6. The molecule has 1 atom stereocenters. The molecular weight excluding hydrogens is 318 g/mol. The molecule has 19 heavy (non-hydrogen) atoms. The second-order valence-electron chi connectivity index (χ2n) is 4.69. The Kier molecular flexibility index (Phi) is 3.44. The van der Waals surface area contributed by atoms with Crippen LogP contribution < -0.4 is 5.73 Å². The molecule has 1 nitrogen and oxygen atoms in total. The van der Waals surface area contributed by atoms with Crippen molar-refractivity contribution in [2.75, 3.05) is 0 Å². The maximum atomic E-state index is 6.47. The molecule has 0 saturated heterocycles. The van der Waals surface area contributed by atoms with Crippen LogP contribution in [0.1, 0.15) is 22.7 Å². The van der Waals surface area contributed by atoms with E-state index < -0.39 is 0 Å². The molecule has 0 saturated carbocycles. The SMILES string of the molecule is Cc1ccc(Br)c(C(N)c2csc3ccccc23)c1. The van der Waals surface area contributed by atoms with Crippen LogP contribution in [-0.2, 0) is 0 Å². The maximum Gasteiger partial charge on any atom is 0.0577 e. The van der Waals surface area contributed by atoms with Gasteiger partial charge in [0, 0.05) is 9.17 Å². The number of rotatable bonds is 2. The molecule has 3 aromatic rings. The maximum absolute atomic E-state index is 6.47. The lowest BCUT2D eigenvalue weighted by molar-refractivity contribution is 0.877. The van der Waals surface area contributed by atoms with E-state index >= 15 is 0 Å². The summed E-state index contributed by atoms with van der Waals surface area (Å²) < 4.78 is 2.36. The molecule has 1 heterocycles. The zero-order chi connectivity index (χ0) is 13.4. The quantitative estimate of drug-likeness (QED) is 0.700. The third-order valence-corrected chi connectivity index (χ3v) is 5.04. The molecule has 0 aliphatic rings.